The molecule has 2 atom stereocenters. The van der Waals surface area contributed by atoms with E-state index in [1.807, 2.05) is 0 Å². The first kappa shape index (κ1) is 14.6. The van der Waals surface area contributed by atoms with E-state index in [0.29, 0.717) is 24.1 Å². The minimum Gasteiger partial charge on any atom is -0.383 e. The second kappa shape index (κ2) is 5.65. The summed E-state index contributed by atoms with van der Waals surface area (Å²) in [5, 5.41) is 9.74. The lowest BCUT2D eigenvalue weighted by Crippen LogP contribution is -2.32. The minimum atomic E-state index is -0.967. The van der Waals surface area contributed by atoms with Gasteiger partial charge in [-0.05, 0) is 36.6 Å². The molecule has 0 aliphatic carbocycles. The Balaban J connectivity index is 2.38. The molecule has 1 saturated heterocycles. The number of alkyl halides is 1. The Morgan fingerprint density at radius 1 is 1.58 bits per heavy atom. The van der Waals surface area contributed by atoms with Crippen LogP contribution < -0.4 is 0 Å². The van der Waals surface area contributed by atoms with Crippen LogP contribution in [0.5, 0.6) is 0 Å². The van der Waals surface area contributed by atoms with E-state index in [1.165, 1.54) is 17.0 Å². The van der Waals surface area contributed by atoms with Crippen molar-refractivity contribution >= 4 is 29.1 Å². The molecular weight excluding hydrogens is 292 g/mol. The molecule has 0 aromatic heterocycles. The van der Waals surface area contributed by atoms with E-state index in [2.05, 4.69) is 0 Å². The van der Waals surface area contributed by atoms with Crippen LogP contribution in [0.3, 0.4) is 0 Å². The highest BCUT2D eigenvalue weighted by atomic mass is 35.5. The van der Waals surface area contributed by atoms with E-state index in [4.69, 9.17) is 23.2 Å². The smallest absolute Gasteiger partial charge is 0.251 e. The third-order valence-electron chi connectivity index (χ3n) is 3.46. The lowest BCUT2D eigenvalue weighted by atomic mass is 10.0. The Labute approximate surface area is 120 Å². The summed E-state index contributed by atoms with van der Waals surface area (Å²) in [7, 11) is 0. The summed E-state index contributed by atoms with van der Waals surface area (Å²) in [5.74, 6) is -0.662. The molecule has 1 unspecified atom stereocenters. The molecule has 1 aromatic rings. The van der Waals surface area contributed by atoms with Crippen molar-refractivity contribution in [3.8, 4) is 0 Å². The van der Waals surface area contributed by atoms with Gasteiger partial charge in [0.1, 0.15) is 11.9 Å². The van der Waals surface area contributed by atoms with E-state index in [-0.39, 0.29) is 22.9 Å². The number of aliphatic hydroxyl groups is 1. The fourth-order valence-corrected chi connectivity index (χ4v) is 3.02. The van der Waals surface area contributed by atoms with Gasteiger partial charge in [-0.1, -0.05) is 11.6 Å². The van der Waals surface area contributed by atoms with Gasteiger partial charge in [-0.3, -0.25) is 4.79 Å². The Bertz CT molecular complexity index is 510. The van der Waals surface area contributed by atoms with Crippen LogP contribution in [-0.4, -0.2) is 28.6 Å². The van der Waals surface area contributed by atoms with Gasteiger partial charge in [0, 0.05) is 17.4 Å². The molecule has 0 bridgehead atoms. The van der Waals surface area contributed by atoms with E-state index >= 15 is 0 Å². The number of likely N-dealkylation sites (tertiary alicyclic amines) is 1. The first-order valence-electron chi connectivity index (χ1n) is 5.98. The predicted molar refractivity (Wildman–Crippen MR) is 71.7 cm³/mol. The lowest BCUT2D eigenvalue weighted by molar-refractivity contribution is -0.136. The number of hydrogen-bond acceptors (Lipinski definition) is 2. The van der Waals surface area contributed by atoms with Crippen LogP contribution in [0.4, 0.5) is 4.39 Å². The maximum atomic E-state index is 13.5. The predicted octanol–water partition coefficient (Wildman–Crippen LogP) is 2.87. The summed E-state index contributed by atoms with van der Waals surface area (Å²) in [6.07, 6.45) is -0.575. The summed E-state index contributed by atoms with van der Waals surface area (Å²) in [6, 6.07) is 2.18. The van der Waals surface area contributed by atoms with Crippen molar-refractivity contribution in [2.45, 2.75) is 31.4 Å². The highest BCUT2D eigenvalue weighted by Gasteiger charge is 2.34. The number of nitrogens with zero attached hydrogens (tertiary/aromatic N) is 1. The van der Waals surface area contributed by atoms with Crippen LogP contribution in [0, 0.1) is 5.82 Å². The zero-order valence-electron chi connectivity index (χ0n) is 10.4. The summed E-state index contributed by atoms with van der Waals surface area (Å²) < 4.78 is 13.5. The van der Waals surface area contributed by atoms with Crippen molar-refractivity contribution in [2.75, 3.05) is 6.54 Å². The summed E-state index contributed by atoms with van der Waals surface area (Å²) >= 11 is 11.8. The van der Waals surface area contributed by atoms with Gasteiger partial charge in [-0.25, -0.2) is 4.39 Å². The van der Waals surface area contributed by atoms with Crippen LogP contribution in [0.2, 0.25) is 5.02 Å². The Morgan fingerprint density at radius 3 is 2.79 bits per heavy atom. The average Bonchev–Trinajstić information content (AvgIpc) is 2.68. The van der Waals surface area contributed by atoms with E-state index in [1.54, 1.807) is 6.92 Å². The summed E-state index contributed by atoms with van der Waals surface area (Å²) in [6.45, 7) is 2.22. The van der Waals surface area contributed by atoms with Crippen molar-refractivity contribution in [1.29, 1.82) is 0 Å². The Hall–Kier alpha value is -0.840. The monoisotopic (exact) mass is 305 g/mol. The minimum absolute atomic E-state index is 0.142. The molecule has 6 heteroatoms. The molecule has 0 radical (unpaired) electrons. The van der Waals surface area contributed by atoms with Gasteiger partial charge in [0.2, 0.25) is 0 Å². The number of rotatable bonds is 3. The van der Waals surface area contributed by atoms with Crippen molar-refractivity contribution in [3.63, 3.8) is 0 Å². The van der Waals surface area contributed by atoms with Crippen molar-refractivity contribution in [2.24, 2.45) is 0 Å². The quantitative estimate of drug-likeness (QED) is 0.872. The second-order valence-corrected chi connectivity index (χ2v) is 5.28. The Kier molecular flexibility index (Phi) is 4.33. The van der Waals surface area contributed by atoms with E-state index in [9.17, 15) is 14.3 Å². The number of carbonyl (C=O) groups is 1. The lowest BCUT2D eigenvalue weighted by Gasteiger charge is -2.26. The largest absolute Gasteiger partial charge is 0.383 e. The average molecular weight is 306 g/mol. The van der Waals surface area contributed by atoms with Gasteiger partial charge < -0.3 is 10.0 Å². The van der Waals surface area contributed by atoms with Gasteiger partial charge in [-0.15, -0.1) is 11.6 Å². The Morgan fingerprint density at radius 2 is 2.26 bits per heavy atom. The van der Waals surface area contributed by atoms with Crippen LogP contribution in [0.25, 0.3) is 0 Å². The number of amides is 1. The van der Waals surface area contributed by atoms with E-state index < -0.39 is 11.9 Å². The molecule has 104 valence electrons. The van der Waals surface area contributed by atoms with Crippen molar-refractivity contribution in [1.82, 2.24) is 4.90 Å². The molecule has 1 amide bonds. The number of carbonyl (C=O) groups excluding carboxylic acids is 1. The van der Waals surface area contributed by atoms with Crippen molar-refractivity contribution in [3.05, 3.63) is 34.1 Å². The maximum Gasteiger partial charge on any atom is 0.251 e. The van der Waals surface area contributed by atoms with Gasteiger partial charge in [0.15, 0.2) is 0 Å². The molecule has 2 rings (SSSR count). The van der Waals surface area contributed by atoms with Gasteiger partial charge >= 0.3 is 0 Å². The van der Waals surface area contributed by atoms with Gasteiger partial charge in [-0.2, -0.15) is 0 Å². The summed E-state index contributed by atoms with van der Waals surface area (Å²) in [5.41, 5.74) is 1.20. The number of hydrogen-bond donors (Lipinski definition) is 1. The first-order chi connectivity index (χ1) is 8.95. The van der Waals surface area contributed by atoms with Crippen molar-refractivity contribution < 1.29 is 14.3 Å². The van der Waals surface area contributed by atoms with Gasteiger partial charge in [0.25, 0.3) is 5.91 Å². The van der Waals surface area contributed by atoms with Crippen LogP contribution in [0.1, 0.15) is 30.5 Å². The van der Waals surface area contributed by atoms with Crippen LogP contribution in [-0.2, 0) is 10.7 Å². The fourth-order valence-electron chi connectivity index (χ4n) is 2.38. The first-order valence-corrected chi connectivity index (χ1v) is 6.89. The van der Waals surface area contributed by atoms with Gasteiger partial charge in [0.05, 0.1) is 6.04 Å². The third-order valence-corrected chi connectivity index (χ3v) is 4.06. The molecule has 19 heavy (non-hydrogen) atoms. The highest BCUT2D eigenvalue weighted by Crippen LogP contribution is 2.33. The topological polar surface area (TPSA) is 40.5 Å². The molecule has 1 fully saturated rings. The van der Waals surface area contributed by atoms with E-state index in [0.717, 1.165) is 0 Å². The zero-order valence-corrected chi connectivity index (χ0v) is 11.9. The zero-order chi connectivity index (χ0) is 14.2. The fraction of sp³-hybridized carbons (Fsp3) is 0.462. The van der Waals surface area contributed by atoms with Crippen LogP contribution >= 0.6 is 23.2 Å². The molecule has 1 heterocycles. The molecule has 0 spiro atoms. The highest BCUT2D eigenvalue weighted by molar-refractivity contribution is 6.32. The molecule has 0 saturated carbocycles. The number of aliphatic hydroxyl groups excluding tert-OH is 1. The number of benzene rings is 1. The number of halogens is 3. The molecule has 1 aliphatic rings. The normalized spacial score (nSPS) is 21.0. The molecule has 3 nitrogen and oxygen atoms in total. The second-order valence-electron chi connectivity index (χ2n) is 4.60. The standard InChI is InChI=1S/C13H14Cl2FNO2/c1-7(17-3-2-12(18)13(17)19)9-4-8(16)5-11(15)10(9)6-14/h4-5,7,12,18H,2-3,6H2,1H3/t7-,12?/m0/s1. The maximum absolute atomic E-state index is 13.5. The molecule has 1 aliphatic heterocycles. The molecule has 1 aromatic carbocycles. The third kappa shape index (κ3) is 2.71. The molecular formula is C13H14Cl2FNO2. The molecule has 1 N–H and O–H groups in total. The van der Waals surface area contributed by atoms with Crippen LogP contribution in [0.15, 0.2) is 12.1 Å². The SMILES string of the molecule is C[C@@H](c1cc(F)cc(Cl)c1CCl)N1CCC(O)C1=O. The summed E-state index contributed by atoms with van der Waals surface area (Å²) in [4.78, 5) is 13.3.